The van der Waals surface area contributed by atoms with E-state index in [1.54, 1.807) is 26.3 Å². The van der Waals surface area contributed by atoms with E-state index >= 15 is 0 Å². The van der Waals surface area contributed by atoms with Gasteiger partial charge in [0, 0.05) is 20.1 Å². The molecule has 2 rings (SSSR count). The number of hydrogen-bond donors (Lipinski definition) is 2. The largest absolute Gasteiger partial charge is 0.496 e. The second-order valence-electron chi connectivity index (χ2n) is 5.86. The zero-order valence-corrected chi connectivity index (χ0v) is 15.1. The van der Waals surface area contributed by atoms with Crippen molar-refractivity contribution in [2.24, 2.45) is 4.99 Å². The van der Waals surface area contributed by atoms with Crippen LogP contribution in [-0.4, -0.2) is 33.2 Å². The summed E-state index contributed by atoms with van der Waals surface area (Å²) in [5.74, 6) is 1.46. The molecular formula is C20H26FN3O. The van der Waals surface area contributed by atoms with E-state index in [1.165, 1.54) is 11.6 Å². The lowest BCUT2D eigenvalue weighted by Gasteiger charge is -2.12. The molecule has 0 saturated heterocycles. The van der Waals surface area contributed by atoms with Crippen LogP contribution in [0.15, 0.2) is 47.5 Å². The van der Waals surface area contributed by atoms with Gasteiger partial charge in [-0.1, -0.05) is 24.3 Å². The first-order valence-corrected chi connectivity index (χ1v) is 8.45. The van der Waals surface area contributed by atoms with Crippen LogP contribution < -0.4 is 15.4 Å². The van der Waals surface area contributed by atoms with Crippen molar-refractivity contribution in [2.75, 3.05) is 27.2 Å². The number of ether oxygens (including phenoxy) is 1. The van der Waals surface area contributed by atoms with Gasteiger partial charge in [-0.2, -0.15) is 0 Å². The fourth-order valence-corrected chi connectivity index (χ4v) is 2.58. The van der Waals surface area contributed by atoms with Crippen LogP contribution in [0.4, 0.5) is 4.39 Å². The zero-order valence-electron chi connectivity index (χ0n) is 15.1. The average Bonchev–Trinajstić information content (AvgIpc) is 2.61. The van der Waals surface area contributed by atoms with Crippen molar-refractivity contribution in [3.8, 4) is 5.75 Å². The van der Waals surface area contributed by atoms with E-state index in [-0.39, 0.29) is 5.82 Å². The van der Waals surface area contributed by atoms with Crippen LogP contribution in [0, 0.1) is 12.7 Å². The predicted octanol–water partition coefficient (Wildman–Crippen LogP) is 3.09. The van der Waals surface area contributed by atoms with Gasteiger partial charge in [-0.25, -0.2) is 4.39 Å². The first-order chi connectivity index (χ1) is 12.1. The molecule has 134 valence electrons. The van der Waals surface area contributed by atoms with E-state index in [0.29, 0.717) is 6.54 Å². The molecule has 0 aliphatic carbocycles. The third-order valence-electron chi connectivity index (χ3n) is 4.00. The SMILES string of the molecule is CN=C(NCCc1cccc(F)c1)NCCc1ccc(C)c(OC)c1. The van der Waals surface area contributed by atoms with Gasteiger partial charge in [-0.15, -0.1) is 0 Å². The summed E-state index contributed by atoms with van der Waals surface area (Å²) in [5.41, 5.74) is 3.31. The predicted molar refractivity (Wildman–Crippen MR) is 101 cm³/mol. The molecule has 5 heteroatoms. The van der Waals surface area contributed by atoms with E-state index in [0.717, 1.165) is 42.2 Å². The summed E-state index contributed by atoms with van der Waals surface area (Å²) >= 11 is 0. The number of aryl methyl sites for hydroxylation is 1. The fourth-order valence-electron chi connectivity index (χ4n) is 2.58. The summed E-state index contributed by atoms with van der Waals surface area (Å²) in [6, 6.07) is 12.9. The highest BCUT2D eigenvalue weighted by Crippen LogP contribution is 2.18. The molecule has 0 aliphatic heterocycles. The van der Waals surface area contributed by atoms with Gasteiger partial charge in [0.1, 0.15) is 11.6 Å². The molecule has 0 amide bonds. The minimum Gasteiger partial charge on any atom is -0.496 e. The Morgan fingerprint density at radius 1 is 1.04 bits per heavy atom. The Kier molecular flexibility index (Phi) is 7.26. The molecule has 0 fully saturated rings. The molecule has 0 heterocycles. The Hall–Kier alpha value is -2.56. The fraction of sp³-hybridized carbons (Fsp3) is 0.350. The third-order valence-corrected chi connectivity index (χ3v) is 4.00. The Morgan fingerprint density at radius 3 is 2.32 bits per heavy atom. The van der Waals surface area contributed by atoms with Gasteiger partial charge in [0.2, 0.25) is 0 Å². The first kappa shape index (κ1) is 18.8. The van der Waals surface area contributed by atoms with Gasteiger partial charge in [0.15, 0.2) is 5.96 Å². The number of aliphatic imine (C=N–C) groups is 1. The molecule has 0 bridgehead atoms. The van der Waals surface area contributed by atoms with Crippen LogP contribution in [0.3, 0.4) is 0 Å². The Morgan fingerprint density at radius 2 is 1.72 bits per heavy atom. The molecule has 25 heavy (non-hydrogen) atoms. The molecule has 0 atom stereocenters. The number of guanidine groups is 1. The van der Waals surface area contributed by atoms with Crippen LogP contribution in [0.2, 0.25) is 0 Å². The molecule has 4 nitrogen and oxygen atoms in total. The summed E-state index contributed by atoms with van der Waals surface area (Å²) < 4.78 is 18.5. The second-order valence-corrected chi connectivity index (χ2v) is 5.86. The maximum atomic E-state index is 13.2. The lowest BCUT2D eigenvalue weighted by molar-refractivity contribution is 0.411. The van der Waals surface area contributed by atoms with Crippen LogP contribution in [0.25, 0.3) is 0 Å². The van der Waals surface area contributed by atoms with Crippen LogP contribution in [-0.2, 0) is 12.8 Å². The lowest BCUT2D eigenvalue weighted by atomic mass is 10.1. The number of rotatable bonds is 7. The monoisotopic (exact) mass is 343 g/mol. The number of nitrogens with one attached hydrogen (secondary N) is 2. The Bertz CT molecular complexity index is 716. The van der Waals surface area contributed by atoms with E-state index in [1.807, 2.05) is 13.0 Å². The summed E-state index contributed by atoms with van der Waals surface area (Å²) in [5, 5.41) is 6.54. The van der Waals surface area contributed by atoms with E-state index in [9.17, 15) is 4.39 Å². The second kappa shape index (κ2) is 9.67. The van der Waals surface area contributed by atoms with Gasteiger partial charge in [0.25, 0.3) is 0 Å². The van der Waals surface area contributed by atoms with E-state index in [2.05, 4.69) is 33.8 Å². The van der Waals surface area contributed by atoms with Gasteiger partial charge in [0.05, 0.1) is 7.11 Å². The minimum absolute atomic E-state index is 0.200. The van der Waals surface area contributed by atoms with Crippen molar-refractivity contribution < 1.29 is 9.13 Å². The van der Waals surface area contributed by atoms with Crippen molar-refractivity contribution in [3.63, 3.8) is 0 Å². The minimum atomic E-state index is -0.200. The molecule has 0 saturated carbocycles. The average molecular weight is 343 g/mol. The molecule has 0 aliphatic rings. The normalized spacial score (nSPS) is 11.3. The molecule has 0 radical (unpaired) electrons. The number of halogens is 1. The van der Waals surface area contributed by atoms with Crippen LogP contribution in [0.5, 0.6) is 5.75 Å². The van der Waals surface area contributed by atoms with Crippen molar-refractivity contribution >= 4 is 5.96 Å². The molecule has 2 aromatic carbocycles. The molecule has 0 unspecified atom stereocenters. The molecule has 2 aromatic rings. The summed E-state index contributed by atoms with van der Waals surface area (Å²) in [7, 11) is 3.43. The lowest BCUT2D eigenvalue weighted by Crippen LogP contribution is -2.39. The summed E-state index contributed by atoms with van der Waals surface area (Å²) in [6.07, 6.45) is 1.62. The third kappa shape index (κ3) is 6.10. The molecule has 2 N–H and O–H groups in total. The van der Waals surface area contributed by atoms with Crippen LogP contribution in [0.1, 0.15) is 16.7 Å². The standard InChI is InChI=1S/C20H26FN3O/c1-15-7-8-17(14-19(15)25-3)10-12-24-20(22-2)23-11-9-16-5-4-6-18(21)13-16/h4-8,13-14H,9-12H2,1-3H3,(H2,22,23,24). The maximum Gasteiger partial charge on any atom is 0.190 e. The molecule has 0 aromatic heterocycles. The summed E-state index contributed by atoms with van der Waals surface area (Å²) in [4.78, 5) is 4.21. The van der Waals surface area contributed by atoms with Crippen molar-refractivity contribution in [1.29, 1.82) is 0 Å². The Balaban J connectivity index is 1.75. The summed E-state index contributed by atoms with van der Waals surface area (Å²) in [6.45, 7) is 3.50. The topological polar surface area (TPSA) is 45.7 Å². The zero-order chi connectivity index (χ0) is 18.1. The molecule has 0 spiro atoms. The maximum absolute atomic E-state index is 13.2. The quantitative estimate of drug-likeness (QED) is 0.600. The van der Waals surface area contributed by atoms with Gasteiger partial charge in [-0.05, 0) is 54.7 Å². The van der Waals surface area contributed by atoms with Crippen LogP contribution >= 0.6 is 0 Å². The number of hydrogen-bond acceptors (Lipinski definition) is 2. The highest BCUT2D eigenvalue weighted by molar-refractivity contribution is 5.79. The molecular weight excluding hydrogens is 317 g/mol. The van der Waals surface area contributed by atoms with Crippen molar-refractivity contribution in [1.82, 2.24) is 10.6 Å². The van der Waals surface area contributed by atoms with Crippen molar-refractivity contribution in [3.05, 3.63) is 65.0 Å². The first-order valence-electron chi connectivity index (χ1n) is 8.45. The van der Waals surface area contributed by atoms with Crippen molar-refractivity contribution in [2.45, 2.75) is 19.8 Å². The Labute approximate surface area is 149 Å². The highest BCUT2D eigenvalue weighted by atomic mass is 19.1. The highest BCUT2D eigenvalue weighted by Gasteiger charge is 2.02. The van der Waals surface area contributed by atoms with Gasteiger partial charge in [-0.3, -0.25) is 4.99 Å². The smallest absolute Gasteiger partial charge is 0.190 e. The number of methoxy groups -OCH3 is 1. The number of nitrogens with zero attached hydrogens (tertiary/aromatic N) is 1. The number of benzene rings is 2. The van der Waals surface area contributed by atoms with E-state index < -0.39 is 0 Å². The van der Waals surface area contributed by atoms with E-state index in [4.69, 9.17) is 4.74 Å². The van der Waals surface area contributed by atoms with Gasteiger partial charge < -0.3 is 15.4 Å². The van der Waals surface area contributed by atoms with Gasteiger partial charge >= 0.3 is 0 Å².